The first-order valence-corrected chi connectivity index (χ1v) is 11.9. The minimum Gasteiger partial charge on any atom is -0.444 e. The van der Waals surface area contributed by atoms with Crippen molar-refractivity contribution in [3.05, 3.63) is 75.2 Å². The van der Waals surface area contributed by atoms with Gasteiger partial charge in [-0.1, -0.05) is 24.3 Å². The Morgan fingerprint density at radius 3 is 2.31 bits per heavy atom. The predicted molar refractivity (Wildman–Crippen MR) is 131 cm³/mol. The van der Waals surface area contributed by atoms with E-state index in [2.05, 4.69) is 46.7 Å². The number of oxazole rings is 1. The van der Waals surface area contributed by atoms with Crippen LogP contribution in [0.25, 0.3) is 11.5 Å². The number of amides is 2. The Morgan fingerprint density at radius 1 is 1.03 bits per heavy atom. The molecule has 2 heterocycles. The van der Waals surface area contributed by atoms with Crippen molar-refractivity contribution in [1.29, 1.82) is 0 Å². The molecule has 0 aliphatic carbocycles. The van der Waals surface area contributed by atoms with Gasteiger partial charge in [-0.25, -0.2) is 4.98 Å². The van der Waals surface area contributed by atoms with E-state index in [-0.39, 0.29) is 23.9 Å². The molecule has 32 heavy (non-hydrogen) atoms. The van der Waals surface area contributed by atoms with Crippen molar-refractivity contribution in [3.63, 3.8) is 0 Å². The van der Waals surface area contributed by atoms with Gasteiger partial charge in [-0.2, -0.15) is 0 Å². The summed E-state index contributed by atoms with van der Waals surface area (Å²) in [6.45, 7) is 4.59. The van der Waals surface area contributed by atoms with Gasteiger partial charge >= 0.3 is 0 Å². The SMILES string of the molecule is CC1CCC(C)N1C(=O)c1coc(-c2ccc(CNC(=O)Cc3ccc(I)cc3)cc2)n1. The second-order valence-electron chi connectivity index (χ2n) is 8.30. The summed E-state index contributed by atoms with van der Waals surface area (Å²) in [5, 5.41) is 2.95. The largest absolute Gasteiger partial charge is 0.444 e. The van der Waals surface area contributed by atoms with E-state index in [9.17, 15) is 9.59 Å². The van der Waals surface area contributed by atoms with Crippen LogP contribution in [-0.4, -0.2) is 33.8 Å². The Balaban J connectivity index is 1.34. The van der Waals surface area contributed by atoms with Crippen LogP contribution in [0, 0.1) is 3.57 Å². The fourth-order valence-electron chi connectivity index (χ4n) is 4.05. The number of benzene rings is 2. The molecule has 0 radical (unpaired) electrons. The summed E-state index contributed by atoms with van der Waals surface area (Å²) >= 11 is 2.25. The van der Waals surface area contributed by atoms with E-state index in [1.807, 2.05) is 53.4 Å². The standard InChI is InChI=1S/C25H26IN3O3/c1-16-3-4-17(2)29(16)25(31)22-15-32-24(28-22)20-9-5-19(6-10-20)14-27-23(30)13-18-7-11-21(26)12-8-18/h5-12,15-17H,3-4,13-14H2,1-2H3,(H,27,30). The smallest absolute Gasteiger partial charge is 0.276 e. The minimum atomic E-state index is -0.0787. The number of hydrogen-bond donors (Lipinski definition) is 1. The number of nitrogens with one attached hydrogen (secondary N) is 1. The van der Waals surface area contributed by atoms with Gasteiger partial charge in [0.15, 0.2) is 5.69 Å². The summed E-state index contributed by atoms with van der Waals surface area (Å²) in [4.78, 5) is 31.3. The summed E-state index contributed by atoms with van der Waals surface area (Å²) in [5.74, 6) is 0.323. The number of likely N-dealkylation sites (tertiary alicyclic amines) is 1. The summed E-state index contributed by atoms with van der Waals surface area (Å²) < 4.78 is 6.73. The van der Waals surface area contributed by atoms with E-state index >= 15 is 0 Å². The van der Waals surface area contributed by atoms with Gasteiger partial charge in [-0.05, 0) is 84.7 Å². The molecule has 2 unspecified atom stereocenters. The maximum atomic E-state index is 12.8. The molecule has 0 bridgehead atoms. The van der Waals surface area contributed by atoms with Crippen molar-refractivity contribution < 1.29 is 14.0 Å². The topological polar surface area (TPSA) is 75.4 Å². The molecular formula is C25H26IN3O3. The second-order valence-corrected chi connectivity index (χ2v) is 9.55. The summed E-state index contributed by atoms with van der Waals surface area (Å²) in [7, 11) is 0. The minimum absolute atomic E-state index is 0.0171. The zero-order chi connectivity index (χ0) is 22.7. The fourth-order valence-corrected chi connectivity index (χ4v) is 4.41. The number of carbonyl (C=O) groups excluding carboxylic acids is 2. The van der Waals surface area contributed by atoms with Gasteiger partial charge < -0.3 is 14.6 Å². The Kier molecular flexibility index (Phi) is 6.93. The Hall–Kier alpha value is -2.68. The number of rotatable bonds is 6. The van der Waals surface area contributed by atoms with Crippen LogP contribution in [0.5, 0.6) is 0 Å². The van der Waals surface area contributed by atoms with E-state index in [0.717, 1.165) is 33.1 Å². The van der Waals surface area contributed by atoms with Crippen molar-refractivity contribution in [2.24, 2.45) is 0 Å². The number of carbonyl (C=O) groups is 2. The highest BCUT2D eigenvalue weighted by Gasteiger charge is 2.33. The van der Waals surface area contributed by atoms with Gasteiger partial charge in [-0.3, -0.25) is 9.59 Å². The van der Waals surface area contributed by atoms with E-state index in [1.165, 1.54) is 6.26 Å². The predicted octanol–water partition coefficient (Wildman–Crippen LogP) is 4.82. The Labute approximate surface area is 201 Å². The first-order chi connectivity index (χ1) is 15.4. The van der Waals surface area contributed by atoms with Crippen LogP contribution in [0.15, 0.2) is 59.2 Å². The van der Waals surface area contributed by atoms with Crippen LogP contribution in [-0.2, 0) is 17.8 Å². The lowest BCUT2D eigenvalue weighted by molar-refractivity contribution is -0.120. The van der Waals surface area contributed by atoms with Crippen molar-refractivity contribution in [2.45, 2.75) is 51.7 Å². The van der Waals surface area contributed by atoms with E-state index in [0.29, 0.717) is 24.6 Å². The molecule has 1 N–H and O–H groups in total. The van der Waals surface area contributed by atoms with Gasteiger partial charge in [0.25, 0.3) is 5.91 Å². The van der Waals surface area contributed by atoms with E-state index in [1.54, 1.807) is 0 Å². The van der Waals surface area contributed by atoms with Gasteiger partial charge in [0.2, 0.25) is 11.8 Å². The molecule has 0 spiro atoms. The lowest BCUT2D eigenvalue weighted by Gasteiger charge is -2.25. The van der Waals surface area contributed by atoms with Crippen molar-refractivity contribution in [2.75, 3.05) is 0 Å². The zero-order valence-corrected chi connectivity index (χ0v) is 20.3. The van der Waals surface area contributed by atoms with Gasteiger partial charge in [-0.15, -0.1) is 0 Å². The average molecular weight is 543 g/mol. The third-order valence-corrected chi connectivity index (χ3v) is 6.60. The van der Waals surface area contributed by atoms with Crippen LogP contribution in [0.3, 0.4) is 0 Å². The molecular weight excluding hydrogens is 517 g/mol. The highest BCUT2D eigenvalue weighted by atomic mass is 127. The van der Waals surface area contributed by atoms with Crippen LogP contribution in [0.1, 0.15) is 48.3 Å². The molecule has 4 rings (SSSR count). The van der Waals surface area contributed by atoms with Crippen LogP contribution in [0.4, 0.5) is 0 Å². The number of hydrogen-bond acceptors (Lipinski definition) is 4. The lowest BCUT2D eigenvalue weighted by atomic mass is 10.1. The molecule has 1 aromatic heterocycles. The molecule has 2 amide bonds. The third kappa shape index (κ3) is 5.20. The Morgan fingerprint density at radius 2 is 1.66 bits per heavy atom. The summed E-state index contributed by atoms with van der Waals surface area (Å²) in [5.41, 5.74) is 3.10. The summed E-state index contributed by atoms with van der Waals surface area (Å²) in [6.07, 6.45) is 3.82. The van der Waals surface area contributed by atoms with Crippen LogP contribution < -0.4 is 5.32 Å². The number of halogens is 1. The molecule has 7 heteroatoms. The molecule has 2 aromatic carbocycles. The van der Waals surface area contributed by atoms with E-state index < -0.39 is 0 Å². The van der Waals surface area contributed by atoms with Gasteiger partial charge in [0.1, 0.15) is 6.26 Å². The first kappa shape index (κ1) is 22.5. The van der Waals surface area contributed by atoms with Crippen molar-refractivity contribution >= 4 is 34.4 Å². The van der Waals surface area contributed by atoms with Gasteiger partial charge in [0, 0.05) is 27.8 Å². The highest BCUT2D eigenvalue weighted by Crippen LogP contribution is 2.27. The van der Waals surface area contributed by atoms with Crippen LogP contribution >= 0.6 is 22.6 Å². The van der Waals surface area contributed by atoms with Crippen molar-refractivity contribution in [3.8, 4) is 11.5 Å². The number of aromatic nitrogens is 1. The average Bonchev–Trinajstić information content (AvgIpc) is 3.41. The second kappa shape index (κ2) is 9.85. The van der Waals surface area contributed by atoms with Gasteiger partial charge in [0.05, 0.1) is 6.42 Å². The molecule has 3 aromatic rings. The first-order valence-electron chi connectivity index (χ1n) is 10.8. The fraction of sp³-hybridized carbons (Fsp3) is 0.320. The molecule has 6 nitrogen and oxygen atoms in total. The third-order valence-electron chi connectivity index (χ3n) is 5.88. The van der Waals surface area contributed by atoms with Crippen molar-refractivity contribution in [1.82, 2.24) is 15.2 Å². The normalized spacial score (nSPS) is 18.0. The quantitative estimate of drug-likeness (QED) is 0.453. The van der Waals surface area contributed by atoms with E-state index in [4.69, 9.17) is 4.42 Å². The van der Waals surface area contributed by atoms with Crippen LogP contribution in [0.2, 0.25) is 0 Å². The molecule has 0 saturated carbocycles. The highest BCUT2D eigenvalue weighted by molar-refractivity contribution is 14.1. The summed E-state index contributed by atoms with van der Waals surface area (Å²) in [6, 6.07) is 16.0. The molecule has 1 saturated heterocycles. The molecule has 1 aliphatic rings. The maximum Gasteiger partial charge on any atom is 0.276 e. The molecule has 1 fully saturated rings. The number of nitrogens with zero attached hydrogens (tertiary/aromatic N) is 2. The maximum absolute atomic E-state index is 12.8. The molecule has 2 atom stereocenters. The Bertz CT molecular complexity index is 1080. The monoisotopic (exact) mass is 543 g/mol. The zero-order valence-electron chi connectivity index (χ0n) is 18.2. The molecule has 1 aliphatic heterocycles. The molecule has 166 valence electrons. The lowest BCUT2D eigenvalue weighted by Crippen LogP contribution is -2.38.